The molecule has 0 atom stereocenters. The Labute approximate surface area is 205 Å². The maximum atomic E-state index is 13.5. The highest BCUT2D eigenvalue weighted by atomic mass is 35.5. The lowest BCUT2D eigenvalue weighted by molar-refractivity contribution is -0.0698. The van der Waals surface area contributed by atoms with Crippen LogP contribution in [0.4, 0.5) is 26.3 Å². The molecule has 2 rings (SSSR count). The number of sulfone groups is 1. The average Bonchev–Trinajstić information content (AvgIpc) is 2.57. The van der Waals surface area contributed by atoms with Gasteiger partial charge in [0.05, 0.1) is 22.7 Å². The van der Waals surface area contributed by atoms with Crippen LogP contribution in [0.2, 0.25) is 20.1 Å². The second-order valence-corrected chi connectivity index (χ2v) is 10.5. The Morgan fingerprint density at radius 2 is 0.909 bits per heavy atom. The quantitative estimate of drug-likeness (QED) is 0.327. The first-order valence-electron chi connectivity index (χ1n) is 8.66. The van der Waals surface area contributed by atoms with Crippen LogP contribution < -0.4 is 0 Å². The lowest BCUT2D eigenvalue weighted by Crippen LogP contribution is -2.16. The lowest BCUT2D eigenvalue weighted by Gasteiger charge is -2.14. The van der Waals surface area contributed by atoms with Crippen LogP contribution in [-0.2, 0) is 9.84 Å². The highest BCUT2D eigenvalue weighted by Gasteiger charge is 2.36. The lowest BCUT2D eigenvalue weighted by atomic mass is 10.1. The summed E-state index contributed by atoms with van der Waals surface area (Å²) in [6, 6.07) is 6.10. The van der Waals surface area contributed by atoms with E-state index in [9.17, 15) is 34.8 Å². The van der Waals surface area contributed by atoms with Gasteiger partial charge in [-0.05, 0) is 47.5 Å². The van der Waals surface area contributed by atoms with Gasteiger partial charge in [-0.1, -0.05) is 58.6 Å². The summed E-state index contributed by atoms with van der Waals surface area (Å²) >= 11 is 22.8. The largest absolute Gasteiger partial charge is 0.416 e. The smallest absolute Gasteiger partial charge is 0.228 e. The van der Waals surface area contributed by atoms with Crippen molar-refractivity contribution in [3.8, 4) is 0 Å². The van der Waals surface area contributed by atoms with Crippen molar-refractivity contribution in [2.24, 2.45) is 0 Å². The molecule has 0 saturated carbocycles. The van der Waals surface area contributed by atoms with Gasteiger partial charge in [0.25, 0.3) is 0 Å². The van der Waals surface area contributed by atoms with E-state index < -0.39 is 56.0 Å². The fraction of sp³-hybridized carbons (Fsp3) is 0.200. The summed E-state index contributed by atoms with van der Waals surface area (Å²) in [5, 5.41) is -0.469. The Morgan fingerprint density at radius 1 is 0.636 bits per heavy atom. The van der Waals surface area contributed by atoms with Crippen molar-refractivity contribution in [3.05, 3.63) is 79.8 Å². The van der Waals surface area contributed by atoms with E-state index in [1.165, 1.54) is 12.1 Å². The third-order valence-electron chi connectivity index (χ3n) is 4.04. The first-order chi connectivity index (χ1) is 15.0. The summed E-state index contributed by atoms with van der Waals surface area (Å²) in [5.41, 5.74) is -3.68. The summed E-state index contributed by atoms with van der Waals surface area (Å²) in [7, 11) is -4.43. The Kier molecular flexibility index (Phi) is 8.84. The van der Waals surface area contributed by atoms with Gasteiger partial charge in [0.2, 0.25) is 0 Å². The molecule has 33 heavy (non-hydrogen) atoms. The molecule has 0 bridgehead atoms. The molecular weight excluding hydrogens is 560 g/mol. The third kappa shape index (κ3) is 8.40. The van der Waals surface area contributed by atoms with E-state index in [4.69, 9.17) is 46.4 Å². The van der Waals surface area contributed by atoms with Crippen LogP contribution in [-0.4, -0.2) is 32.3 Å². The van der Waals surface area contributed by atoms with E-state index in [0.29, 0.717) is 12.2 Å². The van der Waals surface area contributed by atoms with Crippen LogP contribution in [0.5, 0.6) is 0 Å². The molecule has 0 aliphatic heterocycles. The average molecular weight is 572 g/mol. The first kappa shape index (κ1) is 27.9. The molecule has 0 radical (unpaired) electrons. The van der Waals surface area contributed by atoms with E-state index in [0.717, 1.165) is 24.3 Å². The van der Waals surface area contributed by atoms with Crippen molar-refractivity contribution in [1.29, 1.82) is 0 Å². The second kappa shape index (κ2) is 10.5. The molecule has 2 aromatic carbocycles. The van der Waals surface area contributed by atoms with Gasteiger partial charge in [0.1, 0.15) is 0 Å². The zero-order chi connectivity index (χ0) is 25.2. The van der Waals surface area contributed by atoms with Crippen LogP contribution in [0.3, 0.4) is 0 Å². The standard InChI is InChI=1S/C20H12Cl4F6O2S/c21-13-5-11(6-14(22)9-13)17(19(25,26)27)1-3-33(31,32)4-2-18(20(28,29)30)12-7-15(23)10-16(24)8-12/h1-2,5-10H,3-4H2. The molecule has 0 fully saturated rings. The van der Waals surface area contributed by atoms with Crippen molar-refractivity contribution < 1.29 is 34.8 Å². The Morgan fingerprint density at radius 3 is 1.15 bits per heavy atom. The molecule has 0 N–H and O–H groups in total. The van der Waals surface area contributed by atoms with E-state index in [1.807, 2.05) is 0 Å². The molecular formula is C20H12Cl4F6O2S. The normalized spacial score (nSPS) is 14.0. The Bertz CT molecular complexity index is 1070. The number of alkyl halides is 6. The number of allylic oxidation sites excluding steroid dienone is 2. The summed E-state index contributed by atoms with van der Waals surface area (Å²) in [6.45, 7) is 0. The van der Waals surface area contributed by atoms with Crippen molar-refractivity contribution in [2.45, 2.75) is 12.4 Å². The van der Waals surface area contributed by atoms with E-state index in [2.05, 4.69) is 0 Å². The van der Waals surface area contributed by atoms with Crippen LogP contribution in [0, 0.1) is 0 Å². The first-order valence-corrected chi connectivity index (χ1v) is 12.0. The molecule has 0 unspecified atom stereocenters. The van der Waals surface area contributed by atoms with Crippen molar-refractivity contribution >= 4 is 67.4 Å². The van der Waals surface area contributed by atoms with Gasteiger partial charge in [-0.15, -0.1) is 0 Å². The molecule has 0 aliphatic rings. The molecule has 0 spiro atoms. The fourth-order valence-electron chi connectivity index (χ4n) is 2.70. The molecule has 0 amide bonds. The topological polar surface area (TPSA) is 34.1 Å². The highest BCUT2D eigenvalue weighted by molar-refractivity contribution is 7.91. The zero-order valence-corrected chi connectivity index (χ0v) is 19.9. The SMILES string of the molecule is O=S(=O)(CC=C(c1cc(Cl)cc(Cl)c1)C(F)(F)F)CC=C(c1cc(Cl)cc(Cl)c1)C(F)(F)F. The molecule has 2 aromatic rings. The molecule has 0 heterocycles. The Balaban J connectivity index is 2.41. The molecule has 180 valence electrons. The minimum absolute atomic E-state index is 0.117. The van der Waals surface area contributed by atoms with Gasteiger partial charge in [-0.25, -0.2) is 8.42 Å². The number of hydrogen-bond donors (Lipinski definition) is 0. The number of hydrogen-bond acceptors (Lipinski definition) is 2. The fourth-order valence-corrected chi connectivity index (χ4v) is 4.73. The summed E-state index contributed by atoms with van der Waals surface area (Å²) in [6.07, 6.45) is -9.24. The molecule has 0 aliphatic carbocycles. The van der Waals surface area contributed by atoms with Gasteiger partial charge < -0.3 is 0 Å². The van der Waals surface area contributed by atoms with Crippen LogP contribution in [0.15, 0.2) is 48.6 Å². The van der Waals surface area contributed by atoms with Crippen LogP contribution in [0.1, 0.15) is 11.1 Å². The van der Waals surface area contributed by atoms with Gasteiger partial charge in [0.15, 0.2) is 9.84 Å². The van der Waals surface area contributed by atoms with E-state index >= 15 is 0 Å². The summed E-state index contributed by atoms with van der Waals surface area (Å²) in [5.74, 6) is -2.38. The van der Waals surface area contributed by atoms with Gasteiger partial charge in [-0.3, -0.25) is 0 Å². The number of halogens is 10. The maximum Gasteiger partial charge on any atom is 0.416 e. The van der Waals surface area contributed by atoms with Crippen molar-refractivity contribution in [1.82, 2.24) is 0 Å². The monoisotopic (exact) mass is 570 g/mol. The van der Waals surface area contributed by atoms with E-state index in [1.54, 1.807) is 0 Å². The summed E-state index contributed by atoms with van der Waals surface area (Å²) < 4.78 is 105. The van der Waals surface area contributed by atoms with Crippen molar-refractivity contribution in [3.63, 3.8) is 0 Å². The van der Waals surface area contributed by atoms with Gasteiger partial charge >= 0.3 is 12.4 Å². The summed E-state index contributed by atoms with van der Waals surface area (Å²) in [4.78, 5) is 0. The van der Waals surface area contributed by atoms with Crippen molar-refractivity contribution in [2.75, 3.05) is 11.5 Å². The predicted molar refractivity (Wildman–Crippen MR) is 120 cm³/mol. The zero-order valence-electron chi connectivity index (χ0n) is 16.0. The highest BCUT2D eigenvalue weighted by Crippen LogP contribution is 2.38. The number of benzene rings is 2. The molecule has 2 nitrogen and oxygen atoms in total. The minimum Gasteiger partial charge on any atom is -0.228 e. The minimum atomic E-state index is -4.98. The second-order valence-electron chi connectivity index (χ2n) is 6.62. The number of rotatable bonds is 6. The Hall–Kier alpha value is -1.39. The molecule has 0 saturated heterocycles. The maximum absolute atomic E-state index is 13.5. The van der Waals surface area contributed by atoms with Gasteiger partial charge in [-0.2, -0.15) is 26.3 Å². The molecule has 0 aromatic heterocycles. The molecule has 13 heteroatoms. The van der Waals surface area contributed by atoms with E-state index in [-0.39, 0.29) is 20.1 Å². The van der Waals surface area contributed by atoms with Crippen LogP contribution in [0.25, 0.3) is 11.1 Å². The van der Waals surface area contributed by atoms with Gasteiger partial charge in [0, 0.05) is 20.1 Å². The predicted octanol–water partition coefficient (Wildman–Crippen LogP) is 8.31. The third-order valence-corrected chi connectivity index (χ3v) is 6.26. The van der Waals surface area contributed by atoms with Crippen LogP contribution >= 0.6 is 46.4 Å².